The SMILES string of the molecule is [2H]C([2H])(Oc1ccc([C@@H](NC(=O)[C@](O)(c2ccccc2)C([2H])([2H])[2H])C(O)(C([2H])([2H])[2H])C([2H])([2H])[2H])cc1)[C@@H](C)CCC. The van der Waals surface area contributed by atoms with Gasteiger partial charge in [0, 0.05) is 12.3 Å². The van der Waals surface area contributed by atoms with Crippen molar-refractivity contribution in [3.05, 3.63) is 65.7 Å². The summed E-state index contributed by atoms with van der Waals surface area (Å²) in [6.07, 6.45) is 1.23. The molecule has 3 atom stereocenters. The fourth-order valence-electron chi connectivity index (χ4n) is 2.86. The van der Waals surface area contributed by atoms with Gasteiger partial charge in [-0.05, 0) is 56.2 Å². The maximum Gasteiger partial charge on any atom is 0.256 e. The molecule has 30 heavy (non-hydrogen) atoms. The summed E-state index contributed by atoms with van der Waals surface area (Å²) in [5.74, 6) is -2.18. The van der Waals surface area contributed by atoms with E-state index in [0.717, 1.165) is 24.3 Å². The van der Waals surface area contributed by atoms with Crippen LogP contribution in [0.5, 0.6) is 5.75 Å². The second-order valence-corrected chi connectivity index (χ2v) is 7.23. The lowest BCUT2D eigenvalue weighted by atomic mass is 9.89. The van der Waals surface area contributed by atoms with Gasteiger partial charge in [0.15, 0.2) is 5.60 Å². The van der Waals surface area contributed by atoms with Crippen molar-refractivity contribution in [1.29, 1.82) is 0 Å². The van der Waals surface area contributed by atoms with Gasteiger partial charge in [0.25, 0.3) is 5.91 Å². The number of nitrogens with one attached hydrogen (secondary N) is 1. The minimum absolute atomic E-state index is 0.0126. The van der Waals surface area contributed by atoms with Crippen LogP contribution in [0.4, 0.5) is 0 Å². The zero-order valence-corrected chi connectivity index (χ0v) is 17.0. The number of hydrogen-bond donors (Lipinski definition) is 3. The number of carbonyl (C=O) groups is 1. The van der Waals surface area contributed by atoms with E-state index in [1.54, 1.807) is 6.92 Å². The summed E-state index contributed by atoms with van der Waals surface area (Å²) in [5, 5.41) is 24.5. The van der Waals surface area contributed by atoms with E-state index in [0.29, 0.717) is 12.8 Å². The zero-order valence-electron chi connectivity index (χ0n) is 28.0. The molecule has 0 aromatic heterocycles. The summed E-state index contributed by atoms with van der Waals surface area (Å²) < 4.78 is 92.7. The molecular weight excluding hydrogens is 378 g/mol. The lowest BCUT2D eigenvalue weighted by Gasteiger charge is -2.33. The number of rotatable bonds is 10. The van der Waals surface area contributed by atoms with Crippen LogP contribution in [0.1, 0.15) is 79.5 Å². The van der Waals surface area contributed by atoms with Gasteiger partial charge in [-0.25, -0.2) is 0 Å². The molecule has 0 fully saturated rings. The lowest BCUT2D eigenvalue weighted by Crippen LogP contribution is -2.49. The van der Waals surface area contributed by atoms with Crippen molar-refractivity contribution >= 4 is 5.91 Å². The molecule has 3 N–H and O–H groups in total. The largest absolute Gasteiger partial charge is 0.493 e. The molecule has 1 amide bonds. The summed E-state index contributed by atoms with van der Waals surface area (Å²) in [5.41, 5.74) is -7.58. The summed E-state index contributed by atoms with van der Waals surface area (Å²) >= 11 is 0. The molecule has 0 aliphatic heterocycles. The third-order valence-corrected chi connectivity index (χ3v) is 4.53. The van der Waals surface area contributed by atoms with Crippen molar-refractivity contribution in [2.45, 2.75) is 64.5 Å². The molecule has 2 aromatic rings. The van der Waals surface area contributed by atoms with Crippen molar-refractivity contribution in [3.8, 4) is 5.75 Å². The molecule has 0 radical (unpaired) electrons. The van der Waals surface area contributed by atoms with Gasteiger partial charge in [0.2, 0.25) is 0 Å². The predicted molar refractivity (Wildman–Crippen MR) is 119 cm³/mol. The molecule has 0 aliphatic carbocycles. The van der Waals surface area contributed by atoms with Crippen LogP contribution >= 0.6 is 0 Å². The van der Waals surface area contributed by atoms with E-state index in [4.69, 9.17) is 19.8 Å². The Morgan fingerprint density at radius 2 is 1.80 bits per heavy atom. The number of benzene rings is 2. The third kappa shape index (κ3) is 6.31. The molecule has 0 saturated heterocycles. The first-order valence-corrected chi connectivity index (χ1v) is 9.64. The van der Waals surface area contributed by atoms with Crippen LogP contribution < -0.4 is 10.1 Å². The molecule has 0 aliphatic rings. The van der Waals surface area contributed by atoms with Gasteiger partial charge >= 0.3 is 0 Å². The Morgan fingerprint density at radius 3 is 2.37 bits per heavy atom. The molecular formula is C25H35NO4. The van der Waals surface area contributed by atoms with Crippen LogP contribution in [0.25, 0.3) is 0 Å². The molecule has 0 saturated carbocycles. The van der Waals surface area contributed by atoms with Crippen molar-refractivity contribution in [3.63, 3.8) is 0 Å². The van der Waals surface area contributed by atoms with Crippen molar-refractivity contribution < 1.29 is 34.8 Å². The summed E-state index contributed by atoms with van der Waals surface area (Å²) in [6, 6.07) is 8.84. The molecule has 5 heteroatoms. The molecule has 0 unspecified atom stereocenters. The second kappa shape index (κ2) is 10.1. The molecule has 2 aromatic carbocycles. The van der Waals surface area contributed by atoms with Crippen molar-refractivity contribution in [2.75, 3.05) is 6.56 Å². The summed E-state index contributed by atoms with van der Waals surface area (Å²) in [4.78, 5) is 13.5. The Kier molecular flexibility index (Phi) is 4.20. The standard InChI is InChI=1S/C25H35NO4/c1-6-10-18(2)17-30-21-15-13-19(14-16-21)22(24(3,4)28)26-23(27)25(5,29)20-11-8-7-9-12-20/h7-9,11-16,18,22,28-29H,6,10,17H2,1-5H3,(H,26,27)/t18-,22+,25+/m0/s1/i3D3,4D3,5D3,17D2. The Bertz CT molecular complexity index is 1150. The average Bonchev–Trinajstić information content (AvgIpc) is 2.85. The zero-order chi connectivity index (χ0) is 31.7. The van der Waals surface area contributed by atoms with Crippen LogP contribution in [-0.2, 0) is 10.4 Å². The second-order valence-electron chi connectivity index (χ2n) is 7.23. The first-order valence-electron chi connectivity index (χ1n) is 15.1. The quantitative estimate of drug-likeness (QED) is 0.530. The van der Waals surface area contributed by atoms with E-state index in [1.165, 1.54) is 30.3 Å². The fourth-order valence-corrected chi connectivity index (χ4v) is 2.86. The van der Waals surface area contributed by atoms with Crippen LogP contribution in [0.2, 0.25) is 0 Å². The Balaban J connectivity index is 2.67. The third-order valence-electron chi connectivity index (χ3n) is 4.53. The maximum absolute atomic E-state index is 13.5. The minimum Gasteiger partial charge on any atom is -0.493 e. The first-order chi connectivity index (χ1) is 18.5. The van der Waals surface area contributed by atoms with Crippen molar-refractivity contribution in [2.24, 2.45) is 5.92 Å². The van der Waals surface area contributed by atoms with Gasteiger partial charge in [-0.3, -0.25) is 4.79 Å². The van der Waals surface area contributed by atoms with Crippen LogP contribution in [-0.4, -0.2) is 28.3 Å². The highest BCUT2D eigenvalue weighted by Gasteiger charge is 2.37. The van der Waals surface area contributed by atoms with Crippen LogP contribution in [0, 0.1) is 5.92 Å². The highest BCUT2D eigenvalue weighted by atomic mass is 16.5. The van der Waals surface area contributed by atoms with E-state index in [2.05, 4.69) is 0 Å². The Morgan fingerprint density at radius 1 is 1.13 bits per heavy atom. The molecule has 0 heterocycles. The first kappa shape index (κ1) is 12.5. The van der Waals surface area contributed by atoms with E-state index < -0.39 is 56.2 Å². The van der Waals surface area contributed by atoms with Gasteiger partial charge in [-0.2, -0.15) is 0 Å². The lowest BCUT2D eigenvalue weighted by molar-refractivity contribution is -0.141. The highest BCUT2D eigenvalue weighted by Crippen LogP contribution is 2.29. The highest BCUT2D eigenvalue weighted by molar-refractivity contribution is 5.86. The molecule has 0 bridgehead atoms. The Hall–Kier alpha value is -2.37. The van der Waals surface area contributed by atoms with Crippen molar-refractivity contribution in [1.82, 2.24) is 5.32 Å². The Labute approximate surface area is 195 Å². The summed E-state index contributed by atoms with van der Waals surface area (Å²) in [6.45, 7) is -9.24. The topological polar surface area (TPSA) is 78.8 Å². The van der Waals surface area contributed by atoms with Gasteiger partial charge in [-0.15, -0.1) is 0 Å². The number of ether oxygens (including phenoxy) is 1. The predicted octanol–water partition coefficient (Wildman–Crippen LogP) is 4.34. The van der Waals surface area contributed by atoms with E-state index >= 15 is 0 Å². The van der Waals surface area contributed by atoms with E-state index in [-0.39, 0.29) is 16.9 Å². The smallest absolute Gasteiger partial charge is 0.256 e. The van der Waals surface area contributed by atoms with Gasteiger partial charge < -0.3 is 20.3 Å². The molecule has 164 valence electrons. The maximum atomic E-state index is 13.5. The van der Waals surface area contributed by atoms with Crippen LogP contribution in [0.15, 0.2) is 54.6 Å². The molecule has 2 rings (SSSR count). The average molecular weight is 425 g/mol. The van der Waals surface area contributed by atoms with Crippen LogP contribution in [0.3, 0.4) is 0 Å². The van der Waals surface area contributed by atoms with Gasteiger partial charge in [0.1, 0.15) is 5.75 Å². The van der Waals surface area contributed by atoms with E-state index in [9.17, 15) is 15.0 Å². The number of hydrogen-bond acceptors (Lipinski definition) is 4. The monoisotopic (exact) mass is 424 g/mol. The fraction of sp³-hybridized carbons (Fsp3) is 0.480. The normalized spacial score (nSPS) is 22.9. The van der Waals surface area contributed by atoms with E-state index in [1.807, 2.05) is 12.2 Å². The number of aliphatic hydroxyl groups is 2. The van der Waals surface area contributed by atoms with Gasteiger partial charge in [-0.1, -0.05) is 62.7 Å². The number of carbonyl (C=O) groups excluding carboxylic acids is 1. The number of amides is 1. The minimum atomic E-state index is -3.66. The van der Waals surface area contributed by atoms with Gasteiger partial charge in [0.05, 0.1) is 20.9 Å². The summed E-state index contributed by atoms with van der Waals surface area (Å²) in [7, 11) is 0. The molecule has 0 spiro atoms. The molecule has 5 nitrogen and oxygen atoms in total.